The Balaban J connectivity index is 1.31. The second-order valence-corrected chi connectivity index (χ2v) is 8.23. The third-order valence-electron chi connectivity index (χ3n) is 5.52. The summed E-state index contributed by atoms with van der Waals surface area (Å²) in [5.41, 5.74) is -0.173. The first-order valence-corrected chi connectivity index (χ1v) is 10.3. The molecule has 5 rings (SSSR count). The molecular weight excluding hydrogens is 444 g/mol. The minimum atomic E-state index is -4.67. The highest BCUT2D eigenvalue weighted by Gasteiger charge is 2.38. The molecule has 1 aliphatic carbocycles. The molecule has 12 heteroatoms. The van der Waals surface area contributed by atoms with Crippen LogP contribution in [-0.4, -0.2) is 44.7 Å². The molecule has 3 aromatic rings. The normalized spacial score (nSPS) is 16.6. The van der Waals surface area contributed by atoms with Crippen molar-refractivity contribution in [2.45, 2.75) is 31.2 Å². The standard InChI is InChI=1S/C21H20F4N6O2/c1-29-9-14(7-26-29)28-19(32)18-8-27-31(15-2-3-15)20(18)30-10-17(11-30)33-16-5-12(21(23,24)25)4-13(22)6-16/h4-9,15,17H,2-3,10-11H2,1H3,(H,28,32). The first-order chi connectivity index (χ1) is 15.7. The van der Waals surface area contributed by atoms with Crippen LogP contribution in [0.1, 0.15) is 34.8 Å². The van der Waals surface area contributed by atoms with Crippen LogP contribution in [0.4, 0.5) is 29.1 Å². The number of rotatable bonds is 6. The topological polar surface area (TPSA) is 77.2 Å². The Labute approximate surface area is 185 Å². The highest BCUT2D eigenvalue weighted by Crippen LogP contribution is 2.40. The van der Waals surface area contributed by atoms with Crippen molar-refractivity contribution in [2.75, 3.05) is 23.3 Å². The van der Waals surface area contributed by atoms with Gasteiger partial charge in [0.2, 0.25) is 0 Å². The summed E-state index contributed by atoms with van der Waals surface area (Å²) in [4.78, 5) is 14.8. The minimum absolute atomic E-state index is 0.183. The molecule has 1 saturated carbocycles. The van der Waals surface area contributed by atoms with Gasteiger partial charge in [0.1, 0.15) is 29.1 Å². The van der Waals surface area contributed by atoms with Crippen molar-refractivity contribution in [1.82, 2.24) is 19.6 Å². The van der Waals surface area contributed by atoms with Crippen molar-refractivity contribution in [3.63, 3.8) is 0 Å². The van der Waals surface area contributed by atoms with E-state index in [2.05, 4.69) is 15.5 Å². The van der Waals surface area contributed by atoms with E-state index in [1.165, 1.54) is 12.4 Å². The fourth-order valence-electron chi connectivity index (χ4n) is 3.77. The van der Waals surface area contributed by atoms with Crippen molar-refractivity contribution < 1.29 is 27.1 Å². The minimum Gasteiger partial charge on any atom is -0.487 e. The van der Waals surface area contributed by atoms with E-state index in [1.54, 1.807) is 22.6 Å². The largest absolute Gasteiger partial charge is 0.487 e. The van der Waals surface area contributed by atoms with Crippen molar-refractivity contribution in [1.29, 1.82) is 0 Å². The summed E-state index contributed by atoms with van der Waals surface area (Å²) in [5, 5.41) is 11.2. The number of carbonyl (C=O) groups excluding carboxylic acids is 1. The molecule has 2 aliphatic rings. The van der Waals surface area contributed by atoms with Crippen molar-refractivity contribution in [3.05, 3.63) is 53.7 Å². The summed E-state index contributed by atoms with van der Waals surface area (Å²) < 4.78 is 61.5. The number of ether oxygens (including phenoxy) is 1. The lowest BCUT2D eigenvalue weighted by molar-refractivity contribution is -0.137. The van der Waals surface area contributed by atoms with Crippen LogP contribution in [0, 0.1) is 5.82 Å². The maximum absolute atomic E-state index is 13.6. The van der Waals surface area contributed by atoms with E-state index in [9.17, 15) is 22.4 Å². The van der Waals surface area contributed by atoms with Crippen LogP contribution in [-0.2, 0) is 13.2 Å². The Bertz CT molecular complexity index is 1190. The second-order valence-electron chi connectivity index (χ2n) is 8.23. The molecule has 0 atom stereocenters. The number of hydrogen-bond donors (Lipinski definition) is 1. The van der Waals surface area contributed by atoms with Gasteiger partial charge in [-0.05, 0) is 25.0 Å². The maximum Gasteiger partial charge on any atom is 0.416 e. The van der Waals surface area contributed by atoms with E-state index in [-0.39, 0.29) is 17.7 Å². The van der Waals surface area contributed by atoms with Crippen molar-refractivity contribution in [2.24, 2.45) is 7.05 Å². The SMILES string of the molecule is Cn1cc(NC(=O)c2cnn(C3CC3)c2N2CC(Oc3cc(F)cc(C(F)(F)F)c3)C2)cn1. The van der Waals surface area contributed by atoms with Gasteiger partial charge in [-0.3, -0.25) is 9.48 Å². The summed E-state index contributed by atoms with van der Waals surface area (Å²) in [6.07, 6.45) is 1.50. The molecule has 174 valence electrons. The van der Waals surface area contributed by atoms with Crippen LogP contribution in [0.15, 0.2) is 36.8 Å². The summed E-state index contributed by atoms with van der Waals surface area (Å²) >= 11 is 0. The summed E-state index contributed by atoms with van der Waals surface area (Å²) in [6.45, 7) is 0.646. The van der Waals surface area contributed by atoms with Gasteiger partial charge in [-0.15, -0.1) is 0 Å². The molecule has 1 N–H and O–H groups in total. The van der Waals surface area contributed by atoms with E-state index in [0.29, 0.717) is 36.2 Å². The van der Waals surface area contributed by atoms with E-state index < -0.39 is 23.7 Å². The molecule has 0 unspecified atom stereocenters. The molecule has 2 aromatic heterocycles. The zero-order valence-electron chi connectivity index (χ0n) is 17.5. The number of nitrogens with zero attached hydrogens (tertiary/aromatic N) is 5. The molecule has 1 aromatic carbocycles. The van der Waals surface area contributed by atoms with Crippen LogP contribution in [0.3, 0.4) is 0 Å². The van der Waals surface area contributed by atoms with Crippen LogP contribution in [0.2, 0.25) is 0 Å². The molecular formula is C21H20F4N6O2. The third-order valence-corrected chi connectivity index (χ3v) is 5.52. The molecule has 0 bridgehead atoms. The Morgan fingerprint density at radius 1 is 1.15 bits per heavy atom. The van der Waals surface area contributed by atoms with Crippen molar-refractivity contribution >= 4 is 17.4 Å². The number of aromatic nitrogens is 4. The van der Waals surface area contributed by atoms with Crippen LogP contribution >= 0.6 is 0 Å². The molecule has 0 radical (unpaired) electrons. The highest BCUT2D eigenvalue weighted by atomic mass is 19.4. The Morgan fingerprint density at radius 2 is 1.91 bits per heavy atom. The summed E-state index contributed by atoms with van der Waals surface area (Å²) in [6, 6.07) is 2.35. The predicted molar refractivity (Wildman–Crippen MR) is 110 cm³/mol. The van der Waals surface area contributed by atoms with Gasteiger partial charge in [0.15, 0.2) is 0 Å². The van der Waals surface area contributed by atoms with E-state index in [4.69, 9.17) is 4.74 Å². The molecule has 1 amide bonds. The zero-order chi connectivity index (χ0) is 23.3. The number of alkyl halides is 3. The number of carbonyl (C=O) groups is 1. The van der Waals surface area contributed by atoms with Gasteiger partial charge in [-0.25, -0.2) is 9.07 Å². The number of amides is 1. The molecule has 1 saturated heterocycles. The first-order valence-electron chi connectivity index (χ1n) is 10.3. The maximum atomic E-state index is 13.6. The van der Waals surface area contributed by atoms with E-state index in [0.717, 1.165) is 25.0 Å². The predicted octanol–water partition coefficient (Wildman–Crippen LogP) is 3.63. The number of nitrogens with one attached hydrogen (secondary N) is 1. The average Bonchev–Trinajstić information content (AvgIpc) is 3.33. The third kappa shape index (κ3) is 4.37. The highest BCUT2D eigenvalue weighted by molar-refractivity contribution is 6.07. The quantitative estimate of drug-likeness (QED) is 0.564. The Morgan fingerprint density at radius 3 is 2.55 bits per heavy atom. The van der Waals surface area contributed by atoms with Gasteiger partial charge in [-0.1, -0.05) is 0 Å². The lowest BCUT2D eigenvalue weighted by Crippen LogP contribution is -2.55. The van der Waals surface area contributed by atoms with Gasteiger partial charge in [0.25, 0.3) is 5.91 Å². The molecule has 33 heavy (non-hydrogen) atoms. The molecule has 1 aliphatic heterocycles. The molecule has 2 fully saturated rings. The van der Waals surface area contributed by atoms with Gasteiger partial charge < -0.3 is 15.0 Å². The summed E-state index contributed by atoms with van der Waals surface area (Å²) in [7, 11) is 1.74. The fraction of sp³-hybridized carbons (Fsp3) is 0.381. The Kier molecular flexibility index (Phi) is 5.02. The lowest BCUT2D eigenvalue weighted by Gasteiger charge is -2.41. The average molecular weight is 464 g/mol. The first kappa shape index (κ1) is 21.3. The number of hydrogen-bond acceptors (Lipinski definition) is 5. The lowest BCUT2D eigenvalue weighted by atomic mass is 10.1. The second kappa shape index (κ2) is 7.78. The van der Waals surface area contributed by atoms with E-state index in [1.807, 2.05) is 4.90 Å². The van der Waals surface area contributed by atoms with Crippen LogP contribution < -0.4 is 15.0 Å². The summed E-state index contributed by atoms with van der Waals surface area (Å²) in [5.74, 6) is -0.905. The van der Waals surface area contributed by atoms with Crippen molar-refractivity contribution in [3.8, 4) is 5.75 Å². The number of anilines is 2. The van der Waals surface area contributed by atoms with Crippen LogP contribution in [0.5, 0.6) is 5.75 Å². The Hall–Kier alpha value is -3.57. The number of halogens is 4. The molecule has 0 spiro atoms. The van der Waals surface area contributed by atoms with Gasteiger partial charge in [0, 0.05) is 19.3 Å². The molecule has 3 heterocycles. The fourth-order valence-corrected chi connectivity index (χ4v) is 3.77. The zero-order valence-corrected chi connectivity index (χ0v) is 17.5. The monoisotopic (exact) mass is 464 g/mol. The van der Waals surface area contributed by atoms with E-state index >= 15 is 0 Å². The smallest absolute Gasteiger partial charge is 0.416 e. The number of aryl methyl sites for hydroxylation is 1. The number of benzene rings is 1. The van der Waals surface area contributed by atoms with Gasteiger partial charge in [-0.2, -0.15) is 23.4 Å². The van der Waals surface area contributed by atoms with Gasteiger partial charge in [0.05, 0.1) is 42.8 Å². The van der Waals surface area contributed by atoms with Gasteiger partial charge >= 0.3 is 6.18 Å². The molecule has 8 nitrogen and oxygen atoms in total. The van der Waals surface area contributed by atoms with Crippen LogP contribution in [0.25, 0.3) is 0 Å².